The van der Waals surface area contributed by atoms with Crippen molar-refractivity contribution < 1.29 is 0 Å². The van der Waals surface area contributed by atoms with Crippen LogP contribution in [0.15, 0.2) is 35.9 Å². The second-order valence-electron chi connectivity index (χ2n) is 4.26. The molecule has 1 unspecified atom stereocenters. The second-order valence-corrected chi connectivity index (χ2v) is 4.26. The van der Waals surface area contributed by atoms with Crippen LogP contribution in [-0.2, 0) is 0 Å². The number of hydrogen-bond acceptors (Lipinski definition) is 0. The molecular formula is C13H14. The van der Waals surface area contributed by atoms with E-state index in [4.69, 9.17) is 0 Å². The number of benzene rings is 1. The van der Waals surface area contributed by atoms with Crippen molar-refractivity contribution >= 4 is 5.57 Å². The van der Waals surface area contributed by atoms with Crippen molar-refractivity contribution in [1.82, 2.24) is 0 Å². The quantitative estimate of drug-likeness (QED) is 0.603. The number of fused-ring (bicyclic) bond motifs is 2. The first-order valence-corrected chi connectivity index (χ1v) is 5.20. The Balaban J connectivity index is 2.03. The summed E-state index contributed by atoms with van der Waals surface area (Å²) in [6, 6.07) is 10.9. The van der Waals surface area contributed by atoms with E-state index in [9.17, 15) is 0 Å². The van der Waals surface area contributed by atoms with Gasteiger partial charge in [-0.15, -0.1) is 0 Å². The molecule has 0 aromatic heterocycles. The van der Waals surface area contributed by atoms with Crippen molar-refractivity contribution in [2.75, 3.05) is 0 Å². The van der Waals surface area contributed by atoms with Gasteiger partial charge in [-0.05, 0) is 42.7 Å². The van der Waals surface area contributed by atoms with Crippen molar-refractivity contribution in [3.05, 3.63) is 41.5 Å². The highest BCUT2D eigenvalue weighted by molar-refractivity contribution is 5.72. The maximum atomic E-state index is 2.25. The molecular weight excluding hydrogens is 156 g/mol. The van der Waals surface area contributed by atoms with Crippen LogP contribution in [-0.4, -0.2) is 0 Å². The van der Waals surface area contributed by atoms with Crippen LogP contribution >= 0.6 is 0 Å². The van der Waals surface area contributed by atoms with Gasteiger partial charge in [-0.1, -0.05) is 35.9 Å². The molecule has 0 nitrogen and oxygen atoms in total. The molecule has 13 heavy (non-hydrogen) atoms. The summed E-state index contributed by atoms with van der Waals surface area (Å²) in [6.07, 6.45) is 5.56. The van der Waals surface area contributed by atoms with Crippen LogP contribution < -0.4 is 0 Å². The topological polar surface area (TPSA) is 0 Å². The zero-order valence-corrected chi connectivity index (χ0v) is 7.79. The van der Waals surface area contributed by atoms with Crippen molar-refractivity contribution in [3.8, 4) is 0 Å². The zero-order valence-electron chi connectivity index (χ0n) is 7.79. The van der Waals surface area contributed by atoms with Crippen LogP contribution in [0.25, 0.3) is 5.57 Å². The second kappa shape index (κ2) is 2.73. The lowest BCUT2D eigenvalue weighted by Crippen LogP contribution is -1.93. The van der Waals surface area contributed by atoms with Crippen LogP contribution in [0.5, 0.6) is 0 Å². The molecule has 0 spiro atoms. The number of allylic oxidation sites excluding steroid dienone is 2. The highest BCUT2D eigenvalue weighted by Crippen LogP contribution is 2.47. The maximum Gasteiger partial charge on any atom is -0.0225 e. The molecule has 1 aromatic rings. The molecule has 2 aliphatic carbocycles. The average molecular weight is 170 g/mol. The Morgan fingerprint density at radius 3 is 2.46 bits per heavy atom. The van der Waals surface area contributed by atoms with Gasteiger partial charge in [0.15, 0.2) is 0 Å². The molecule has 0 aliphatic heterocycles. The summed E-state index contributed by atoms with van der Waals surface area (Å²) >= 11 is 0. The van der Waals surface area contributed by atoms with E-state index in [1.54, 1.807) is 11.1 Å². The van der Waals surface area contributed by atoms with E-state index in [1.165, 1.54) is 31.2 Å². The van der Waals surface area contributed by atoms with Gasteiger partial charge in [0.1, 0.15) is 0 Å². The van der Waals surface area contributed by atoms with Gasteiger partial charge >= 0.3 is 0 Å². The van der Waals surface area contributed by atoms with E-state index in [-0.39, 0.29) is 0 Å². The molecule has 1 aromatic carbocycles. The molecule has 1 saturated carbocycles. The minimum Gasteiger partial charge on any atom is -0.0661 e. The van der Waals surface area contributed by atoms with Gasteiger partial charge in [0.2, 0.25) is 0 Å². The first kappa shape index (κ1) is 7.37. The Morgan fingerprint density at radius 1 is 1.00 bits per heavy atom. The molecule has 0 saturated heterocycles. The van der Waals surface area contributed by atoms with E-state index >= 15 is 0 Å². The standard InChI is InChI=1S/C13H14/c1-2-4-11(5-3-1)13-9-10-6-7-12(13)8-10/h1-5,10H,6-9H2. The van der Waals surface area contributed by atoms with Crippen LogP contribution in [0.2, 0.25) is 0 Å². The summed E-state index contributed by atoms with van der Waals surface area (Å²) in [5.74, 6) is 0.991. The van der Waals surface area contributed by atoms with Crippen molar-refractivity contribution in [2.45, 2.75) is 25.7 Å². The maximum absolute atomic E-state index is 2.25. The van der Waals surface area contributed by atoms with E-state index in [2.05, 4.69) is 30.3 Å². The highest BCUT2D eigenvalue weighted by atomic mass is 14.3. The van der Waals surface area contributed by atoms with Crippen LogP contribution in [0.1, 0.15) is 31.2 Å². The highest BCUT2D eigenvalue weighted by Gasteiger charge is 2.30. The first-order chi connectivity index (χ1) is 6.43. The Hall–Kier alpha value is -1.04. The lowest BCUT2D eigenvalue weighted by molar-refractivity contribution is 0.582. The monoisotopic (exact) mass is 170 g/mol. The van der Waals surface area contributed by atoms with Gasteiger partial charge in [0, 0.05) is 0 Å². The molecule has 0 N–H and O–H groups in total. The third-order valence-electron chi connectivity index (χ3n) is 3.43. The van der Waals surface area contributed by atoms with Gasteiger partial charge in [0.25, 0.3) is 0 Å². The zero-order chi connectivity index (χ0) is 8.67. The molecule has 3 rings (SSSR count). The lowest BCUT2D eigenvalue weighted by Gasteiger charge is -2.11. The van der Waals surface area contributed by atoms with Crippen LogP contribution in [0.3, 0.4) is 0 Å². The normalized spacial score (nSPS) is 25.7. The fourth-order valence-electron chi connectivity index (χ4n) is 2.77. The average Bonchev–Trinajstić information content (AvgIpc) is 2.80. The smallest absolute Gasteiger partial charge is 0.0225 e. The summed E-state index contributed by atoms with van der Waals surface area (Å²) < 4.78 is 0. The SMILES string of the molecule is c1ccc(C2=C3CCC(C3)C2)cc1. The summed E-state index contributed by atoms with van der Waals surface area (Å²) in [5.41, 5.74) is 4.88. The van der Waals surface area contributed by atoms with Gasteiger partial charge in [-0.3, -0.25) is 0 Å². The summed E-state index contributed by atoms with van der Waals surface area (Å²) in [6.45, 7) is 0. The molecule has 66 valence electrons. The third kappa shape index (κ3) is 1.13. The Labute approximate surface area is 79.3 Å². The Bertz CT molecular complexity index is 346. The predicted molar refractivity (Wildman–Crippen MR) is 55.3 cm³/mol. The van der Waals surface area contributed by atoms with E-state index in [0.29, 0.717) is 0 Å². The molecule has 0 heterocycles. The van der Waals surface area contributed by atoms with Gasteiger partial charge in [0.05, 0.1) is 0 Å². The third-order valence-corrected chi connectivity index (χ3v) is 3.43. The molecule has 0 amide bonds. The number of rotatable bonds is 1. The van der Waals surface area contributed by atoms with E-state index in [1.807, 2.05) is 0 Å². The van der Waals surface area contributed by atoms with Gasteiger partial charge in [-0.2, -0.15) is 0 Å². The summed E-state index contributed by atoms with van der Waals surface area (Å²) in [4.78, 5) is 0. The summed E-state index contributed by atoms with van der Waals surface area (Å²) in [5, 5.41) is 0. The largest absolute Gasteiger partial charge is 0.0661 e. The minimum absolute atomic E-state index is 0.991. The van der Waals surface area contributed by atoms with Crippen LogP contribution in [0.4, 0.5) is 0 Å². The van der Waals surface area contributed by atoms with Gasteiger partial charge in [-0.25, -0.2) is 0 Å². The molecule has 2 aliphatic rings. The molecule has 0 heteroatoms. The van der Waals surface area contributed by atoms with Crippen molar-refractivity contribution in [3.63, 3.8) is 0 Å². The molecule has 0 radical (unpaired) electrons. The van der Waals surface area contributed by atoms with Crippen molar-refractivity contribution in [1.29, 1.82) is 0 Å². The van der Waals surface area contributed by atoms with Crippen LogP contribution in [0, 0.1) is 5.92 Å². The summed E-state index contributed by atoms with van der Waals surface area (Å²) in [7, 11) is 0. The fraction of sp³-hybridized carbons (Fsp3) is 0.385. The van der Waals surface area contributed by atoms with Gasteiger partial charge < -0.3 is 0 Å². The molecule has 1 fully saturated rings. The Morgan fingerprint density at radius 2 is 1.85 bits per heavy atom. The minimum atomic E-state index is 0.991. The predicted octanol–water partition coefficient (Wildman–Crippen LogP) is 3.64. The molecule has 2 bridgehead atoms. The van der Waals surface area contributed by atoms with E-state index < -0.39 is 0 Å². The fourth-order valence-corrected chi connectivity index (χ4v) is 2.77. The number of hydrogen-bond donors (Lipinski definition) is 0. The van der Waals surface area contributed by atoms with E-state index in [0.717, 1.165) is 5.92 Å². The first-order valence-electron chi connectivity index (χ1n) is 5.20. The Kier molecular flexibility index (Phi) is 1.55. The lowest BCUT2D eigenvalue weighted by atomic mass is 9.94. The molecule has 1 atom stereocenters. The van der Waals surface area contributed by atoms with Crippen molar-refractivity contribution in [2.24, 2.45) is 5.92 Å².